The number of carbonyl (C=O) groups excluding carboxylic acids is 2. The molecule has 0 spiro atoms. The number of rotatable bonds is 5. The SMILES string of the molecule is C=CCOC(=O)C1(Cc2ccccc2)CCCC1=O. The average molecular weight is 258 g/mol. The van der Waals surface area contributed by atoms with Gasteiger partial charge in [-0.15, -0.1) is 0 Å². The highest BCUT2D eigenvalue weighted by Gasteiger charge is 2.49. The Morgan fingerprint density at radius 2 is 2.11 bits per heavy atom. The third-order valence-electron chi connectivity index (χ3n) is 3.61. The van der Waals surface area contributed by atoms with Crippen molar-refractivity contribution >= 4 is 11.8 Å². The Hall–Kier alpha value is -1.90. The Kier molecular flexibility index (Phi) is 4.15. The van der Waals surface area contributed by atoms with E-state index >= 15 is 0 Å². The van der Waals surface area contributed by atoms with Crippen LogP contribution in [0.15, 0.2) is 43.0 Å². The van der Waals surface area contributed by atoms with Gasteiger partial charge in [0.15, 0.2) is 5.78 Å². The highest BCUT2D eigenvalue weighted by molar-refractivity contribution is 6.05. The van der Waals surface area contributed by atoms with Gasteiger partial charge in [-0.25, -0.2) is 0 Å². The quantitative estimate of drug-likeness (QED) is 0.463. The molecule has 0 N–H and O–H groups in total. The molecule has 1 aromatic carbocycles. The summed E-state index contributed by atoms with van der Waals surface area (Å²) in [5, 5.41) is 0. The minimum absolute atomic E-state index is 0.00501. The van der Waals surface area contributed by atoms with Gasteiger partial charge in [0.2, 0.25) is 0 Å². The van der Waals surface area contributed by atoms with E-state index in [1.165, 1.54) is 6.08 Å². The molecule has 0 saturated heterocycles. The van der Waals surface area contributed by atoms with Gasteiger partial charge >= 0.3 is 5.97 Å². The molecule has 0 aromatic heterocycles. The maximum atomic E-state index is 12.3. The van der Waals surface area contributed by atoms with Gasteiger partial charge in [-0.1, -0.05) is 43.0 Å². The first-order valence-corrected chi connectivity index (χ1v) is 6.54. The molecule has 0 radical (unpaired) electrons. The molecule has 1 aliphatic rings. The smallest absolute Gasteiger partial charge is 0.320 e. The number of ether oxygens (including phenoxy) is 1. The minimum Gasteiger partial charge on any atom is -0.461 e. The molecule has 100 valence electrons. The molecule has 2 rings (SSSR count). The monoisotopic (exact) mass is 258 g/mol. The fourth-order valence-corrected chi connectivity index (χ4v) is 2.62. The molecule has 0 amide bonds. The van der Waals surface area contributed by atoms with Gasteiger partial charge in [0.25, 0.3) is 0 Å². The lowest BCUT2D eigenvalue weighted by molar-refractivity contribution is -0.158. The molecule has 3 heteroatoms. The molecule has 0 aliphatic heterocycles. The Morgan fingerprint density at radius 1 is 1.37 bits per heavy atom. The highest BCUT2D eigenvalue weighted by atomic mass is 16.5. The van der Waals surface area contributed by atoms with Crippen LogP contribution < -0.4 is 0 Å². The predicted octanol–water partition coefficient (Wildman–Crippen LogP) is 2.70. The Balaban J connectivity index is 2.23. The first kappa shape index (κ1) is 13.5. The van der Waals surface area contributed by atoms with E-state index in [0.717, 1.165) is 12.0 Å². The number of ketones is 1. The van der Waals surface area contributed by atoms with Gasteiger partial charge in [0.1, 0.15) is 12.0 Å². The first-order chi connectivity index (χ1) is 9.19. The lowest BCUT2D eigenvalue weighted by Crippen LogP contribution is -2.39. The fraction of sp³-hybridized carbons (Fsp3) is 0.375. The van der Waals surface area contributed by atoms with E-state index in [4.69, 9.17) is 4.74 Å². The molecule has 1 fully saturated rings. The van der Waals surface area contributed by atoms with Crippen LogP contribution >= 0.6 is 0 Å². The van der Waals surface area contributed by atoms with Crippen molar-refractivity contribution in [1.82, 2.24) is 0 Å². The summed E-state index contributed by atoms with van der Waals surface area (Å²) in [6.07, 6.45) is 3.76. The van der Waals surface area contributed by atoms with Crippen molar-refractivity contribution in [2.75, 3.05) is 6.61 Å². The zero-order valence-corrected chi connectivity index (χ0v) is 10.9. The van der Waals surface area contributed by atoms with Gasteiger partial charge in [-0.05, 0) is 24.8 Å². The Morgan fingerprint density at radius 3 is 2.68 bits per heavy atom. The molecule has 1 unspecified atom stereocenters. The molecular formula is C16H18O3. The van der Waals surface area contributed by atoms with Crippen molar-refractivity contribution in [2.24, 2.45) is 5.41 Å². The van der Waals surface area contributed by atoms with Crippen LogP contribution in [-0.4, -0.2) is 18.4 Å². The summed E-state index contributed by atoms with van der Waals surface area (Å²) in [5.74, 6) is -0.399. The van der Waals surface area contributed by atoms with Gasteiger partial charge in [0.05, 0.1) is 0 Å². The molecule has 0 heterocycles. The summed E-state index contributed by atoms with van der Waals surface area (Å²) in [6, 6.07) is 9.63. The largest absolute Gasteiger partial charge is 0.461 e. The molecule has 3 nitrogen and oxygen atoms in total. The third-order valence-corrected chi connectivity index (χ3v) is 3.61. The summed E-state index contributed by atoms with van der Waals surface area (Å²) in [4.78, 5) is 24.4. The number of benzene rings is 1. The van der Waals surface area contributed by atoms with Crippen LogP contribution in [-0.2, 0) is 20.7 Å². The summed E-state index contributed by atoms with van der Waals surface area (Å²) in [7, 11) is 0. The Bertz CT molecular complexity index is 478. The van der Waals surface area contributed by atoms with E-state index in [9.17, 15) is 9.59 Å². The van der Waals surface area contributed by atoms with Gasteiger partial charge in [0, 0.05) is 6.42 Å². The van der Waals surface area contributed by atoms with E-state index < -0.39 is 11.4 Å². The zero-order valence-electron chi connectivity index (χ0n) is 10.9. The van der Waals surface area contributed by atoms with Crippen molar-refractivity contribution in [3.05, 3.63) is 48.6 Å². The normalized spacial score (nSPS) is 22.2. The second-order valence-corrected chi connectivity index (χ2v) is 4.91. The molecule has 1 aliphatic carbocycles. The van der Waals surface area contributed by atoms with Crippen molar-refractivity contribution in [1.29, 1.82) is 0 Å². The molecule has 1 saturated carbocycles. The average Bonchev–Trinajstić information content (AvgIpc) is 2.79. The first-order valence-electron chi connectivity index (χ1n) is 6.54. The number of Topliss-reactive ketones (excluding diaryl/α,β-unsaturated/α-hetero) is 1. The minimum atomic E-state index is -0.982. The van der Waals surface area contributed by atoms with Crippen LogP contribution in [0.3, 0.4) is 0 Å². The van der Waals surface area contributed by atoms with E-state index in [1.54, 1.807) is 0 Å². The van der Waals surface area contributed by atoms with Gasteiger partial charge in [-0.2, -0.15) is 0 Å². The van der Waals surface area contributed by atoms with Crippen molar-refractivity contribution < 1.29 is 14.3 Å². The number of esters is 1. The van der Waals surface area contributed by atoms with Crippen LogP contribution in [0.5, 0.6) is 0 Å². The second kappa shape index (κ2) is 5.83. The van der Waals surface area contributed by atoms with E-state index in [1.807, 2.05) is 30.3 Å². The van der Waals surface area contributed by atoms with Crippen LogP contribution in [0.4, 0.5) is 0 Å². The van der Waals surface area contributed by atoms with Gasteiger partial charge < -0.3 is 4.74 Å². The standard InChI is InChI=1S/C16H18O3/c1-2-11-19-15(18)16(10-6-9-14(16)17)12-13-7-4-3-5-8-13/h2-5,7-8H,1,6,9-12H2. The van der Waals surface area contributed by atoms with Crippen molar-refractivity contribution in [3.8, 4) is 0 Å². The van der Waals surface area contributed by atoms with Crippen LogP contribution in [0.2, 0.25) is 0 Å². The summed E-state index contributed by atoms with van der Waals surface area (Å²) < 4.78 is 5.14. The maximum Gasteiger partial charge on any atom is 0.320 e. The maximum absolute atomic E-state index is 12.3. The molecular weight excluding hydrogens is 240 g/mol. The van der Waals surface area contributed by atoms with Crippen molar-refractivity contribution in [2.45, 2.75) is 25.7 Å². The summed E-state index contributed by atoms with van der Waals surface area (Å²) >= 11 is 0. The van der Waals surface area contributed by atoms with E-state index in [0.29, 0.717) is 19.3 Å². The van der Waals surface area contributed by atoms with Crippen molar-refractivity contribution in [3.63, 3.8) is 0 Å². The lowest BCUT2D eigenvalue weighted by atomic mass is 9.79. The summed E-state index contributed by atoms with van der Waals surface area (Å²) in [5.41, 5.74) is 0.0120. The zero-order chi connectivity index (χ0) is 13.7. The third kappa shape index (κ3) is 2.75. The number of hydrogen-bond acceptors (Lipinski definition) is 3. The van der Waals surface area contributed by atoms with Crippen LogP contribution in [0, 0.1) is 5.41 Å². The predicted molar refractivity (Wildman–Crippen MR) is 72.6 cm³/mol. The number of hydrogen-bond donors (Lipinski definition) is 0. The molecule has 19 heavy (non-hydrogen) atoms. The Labute approximate surface area is 113 Å². The van der Waals surface area contributed by atoms with Crippen LogP contribution in [0.1, 0.15) is 24.8 Å². The fourth-order valence-electron chi connectivity index (χ4n) is 2.62. The summed E-state index contributed by atoms with van der Waals surface area (Å²) in [6.45, 7) is 3.68. The molecule has 0 bridgehead atoms. The van der Waals surface area contributed by atoms with E-state index in [-0.39, 0.29) is 12.4 Å². The lowest BCUT2D eigenvalue weighted by Gasteiger charge is -2.25. The molecule has 1 aromatic rings. The van der Waals surface area contributed by atoms with Crippen LogP contribution in [0.25, 0.3) is 0 Å². The van der Waals surface area contributed by atoms with Gasteiger partial charge in [-0.3, -0.25) is 9.59 Å². The highest BCUT2D eigenvalue weighted by Crippen LogP contribution is 2.39. The molecule has 1 atom stereocenters. The van der Waals surface area contributed by atoms with E-state index in [2.05, 4.69) is 6.58 Å². The topological polar surface area (TPSA) is 43.4 Å². The second-order valence-electron chi connectivity index (χ2n) is 4.91. The number of carbonyl (C=O) groups is 2.